The Morgan fingerprint density at radius 2 is 1.90 bits per heavy atom. The minimum atomic E-state index is -0.0920. The summed E-state index contributed by atoms with van der Waals surface area (Å²) in [6.07, 6.45) is 0. The molecule has 0 atom stereocenters. The minimum absolute atomic E-state index is 0.0920. The van der Waals surface area contributed by atoms with E-state index in [2.05, 4.69) is 36.9 Å². The molecule has 0 spiro atoms. The van der Waals surface area contributed by atoms with Crippen LogP contribution in [-0.4, -0.2) is 24.7 Å². The van der Waals surface area contributed by atoms with Gasteiger partial charge in [0.2, 0.25) is 0 Å². The van der Waals surface area contributed by atoms with E-state index in [-0.39, 0.29) is 5.56 Å². The maximum Gasteiger partial charge on any atom is 0.268 e. The van der Waals surface area contributed by atoms with E-state index >= 15 is 0 Å². The fraction of sp³-hybridized carbons (Fsp3) is 0.100. The summed E-state index contributed by atoms with van der Waals surface area (Å²) in [5, 5.41) is 13.6. The molecule has 29 heavy (non-hydrogen) atoms. The second-order valence-electron chi connectivity index (χ2n) is 6.29. The van der Waals surface area contributed by atoms with Crippen LogP contribution in [0.15, 0.2) is 69.2 Å². The number of thioether (sulfide) groups is 1. The molecule has 5 aromatic rings. The predicted molar refractivity (Wildman–Crippen MR) is 119 cm³/mol. The van der Waals surface area contributed by atoms with E-state index in [1.807, 2.05) is 47.2 Å². The average Bonchev–Trinajstić information content (AvgIpc) is 3.48. The van der Waals surface area contributed by atoms with E-state index in [9.17, 15) is 4.79 Å². The lowest BCUT2D eigenvalue weighted by Crippen LogP contribution is -2.10. The summed E-state index contributed by atoms with van der Waals surface area (Å²) >= 11 is 4.57. The van der Waals surface area contributed by atoms with Crippen LogP contribution in [0, 0.1) is 0 Å². The van der Waals surface area contributed by atoms with Crippen LogP contribution < -0.4 is 5.56 Å². The van der Waals surface area contributed by atoms with E-state index in [4.69, 9.17) is 0 Å². The highest BCUT2D eigenvalue weighted by Crippen LogP contribution is 2.29. The Labute approximate surface area is 178 Å². The summed E-state index contributed by atoms with van der Waals surface area (Å²) in [5.41, 5.74) is 1.82. The second kappa shape index (κ2) is 7.94. The van der Waals surface area contributed by atoms with Gasteiger partial charge in [0.1, 0.15) is 10.5 Å². The number of benzene rings is 1. The molecule has 0 bridgehead atoms. The van der Waals surface area contributed by atoms with Gasteiger partial charge in [-0.25, -0.2) is 4.98 Å². The zero-order chi connectivity index (χ0) is 19.6. The van der Waals surface area contributed by atoms with Crippen LogP contribution in [0.3, 0.4) is 0 Å². The summed E-state index contributed by atoms with van der Waals surface area (Å²) in [7, 11) is 0. The average molecular weight is 438 g/mol. The number of hydrogen-bond acceptors (Lipinski definition) is 7. The molecule has 0 aliphatic heterocycles. The van der Waals surface area contributed by atoms with Crippen LogP contribution in [0.25, 0.3) is 20.9 Å². The van der Waals surface area contributed by atoms with Crippen LogP contribution in [0.1, 0.15) is 11.4 Å². The van der Waals surface area contributed by atoms with E-state index < -0.39 is 0 Å². The molecule has 0 fully saturated rings. The Balaban J connectivity index is 1.46. The first kappa shape index (κ1) is 18.3. The molecular weight excluding hydrogens is 422 g/mol. The van der Waals surface area contributed by atoms with Crippen LogP contribution in [0.2, 0.25) is 0 Å². The molecule has 0 saturated carbocycles. The van der Waals surface area contributed by atoms with Gasteiger partial charge in [-0.05, 0) is 28.5 Å². The second-order valence-corrected chi connectivity index (χ2v) is 9.10. The standard InChI is InChI=1S/C20H15N5OS3/c26-19-17-14(8-10-28-17)21-16(22-19)12-29-20-24-23-18(15-7-4-9-27-15)25(20)11-13-5-2-1-3-6-13/h1-10H,11-12H2,(H,21,22,26). The summed E-state index contributed by atoms with van der Waals surface area (Å²) < 4.78 is 2.78. The fourth-order valence-electron chi connectivity index (χ4n) is 3.01. The van der Waals surface area contributed by atoms with Crippen molar-refractivity contribution in [3.8, 4) is 10.7 Å². The SMILES string of the molecule is O=c1[nH]c(CSc2nnc(-c3cccs3)n2Cc2ccccc2)nc2ccsc12. The van der Waals surface area contributed by atoms with Crippen LogP contribution in [0.5, 0.6) is 0 Å². The number of hydrogen-bond donors (Lipinski definition) is 1. The number of nitrogens with zero attached hydrogens (tertiary/aromatic N) is 4. The Morgan fingerprint density at radius 1 is 1.00 bits per heavy atom. The molecule has 1 N–H and O–H groups in total. The molecule has 9 heteroatoms. The van der Waals surface area contributed by atoms with Crippen LogP contribution >= 0.6 is 34.4 Å². The Bertz CT molecular complexity index is 1310. The molecule has 0 aliphatic carbocycles. The van der Waals surface area contributed by atoms with Gasteiger partial charge in [0.15, 0.2) is 11.0 Å². The molecular formula is C20H15N5OS3. The Morgan fingerprint density at radius 3 is 2.72 bits per heavy atom. The van der Waals surface area contributed by atoms with Crippen molar-refractivity contribution in [2.24, 2.45) is 0 Å². The highest BCUT2D eigenvalue weighted by Gasteiger charge is 2.16. The predicted octanol–water partition coefficient (Wildman–Crippen LogP) is 4.65. The highest BCUT2D eigenvalue weighted by atomic mass is 32.2. The van der Waals surface area contributed by atoms with Crippen molar-refractivity contribution in [2.75, 3.05) is 0 Å². The van der Waals surface area contributed by atoms with E-state index in [0.717, 1.165) is 21.4 Å². The highest BCUT2D eigenvalue weighted by molar-refractivity contribution is 7.98. The first-order valence-corrected chi connectivity index (χ1v) is 11.6. The largest absolute Gasteiger partial charge is 0.309 e. The zero-order valence-corrected chi connectivity index (χ0v) is 17.6. The first-order chi connectivity index (χ1) is 14.3. The first-order valence-electron chi connectivity index (χ1n) is 8.88. The Hall–Kier alpha value is -2.75. The zero-order valence-electron chi connectivity index (χ0n) is 15.1. The molecule has 1 aromatic carbocycles. The van der Waals surface area contributed by atoms with Gasteiger partial charge in [0, 0.05) is 0 Å². The molecule has 4 heterocycles. The molecule has 5 rings (SSSR count). The van der Waals surface area contributed by atoms with Gasteiger partial charge in [0.05, 0.1) is 22.7 Å². The van der Waals surface area contributed by atoms with E-state index in [1.54, 1.807) is 11.3 Å². The number of aromatic nitrogens is 5. The van der Waals surface area contributed by atoms with Gasteiger partial charge in [-0.3, -0.25) is 9.36 Å². The summed E-state index contributed by atoms with van der Waals surface area (Å²) in [5.74, 6) is 2.00. The van der Waals surface area contributed by atoms with Crippen LogP contribution in [-0.2, 0) is 12.3 Å². The summed E-state index contributed by atoms with van der Waals surface area (Å²) in [6.45, 7) is 0.678. The van der Waals surface area contributed by atoms with E-state index in [0.29, 0.717) is 22.8 Å². The third kappa shape index (κ3) is 3.76. The van der Waals surface area contributed by atoms with Gasteiger partial charge >= 0.3 is 0 Å². The molecule has 0 aliphatic rings. The quantitative estimate of drug-likeness (QED) is 0.392. The normalized spacial score (nSPS) is 11.3. The molecule has 6 nitrogen and oxygen atoms in total. The van der Waals surface area contributed by atoms with E-state index in [1.165, 1.54) is 28.7 Å². The number of fused-ring (bicyclic) bond motifs is 1. The molecule has 0 unspecified atom stereocenters. The lowest BCUT2D eigenvalue weighted by molar-refractivity contribution is 0.715. The Kier molecular flexibility index (Phi) is 5.01. The van der Waals surface area contributed by atoms with Gasteiger partial charge in [-0.15, -0.1) is 32.9 Å². The maximum atomic E-state index is 12.2. The monoisotopic (exact) mass is 437 g/mol. The van der Waals surface area contributed by atoms with Crippen molar-refractivity contribution in [1.82, 2.24) is 24.7 Å². The van der Waals surface area contributed by atoms with Crippen molar-refractivity contribution in [3.05, 3.63) is 81.0 Å². The number of H-pyrrole nitrogens is 1. The van der Waals surface area contributed by atoms with Crippen molar-refractivity contribution < 1.29 is 0 Å². The number of rotatable bonds is 6. The number of nitrogens with one attached hydrogen (secondary N) is 1. The molecule has 4 aromatic heterocycles. The van der Waals surface area contributed by atoms with Crippen LogP contribution in [0.4, 0.5) is 0 Å². The maximum absolute atomic E-state index is 12.2. The van der Waals surface area contributed by atoms with Crippen molar-refractivity contribution >= 4 is 44.7 Å². The van der Waals surface area contributed by atoms with Gasteiger partial charge in [-0.2, -0.15) is 0 Å². The summed E-state index contributed by atoms with van der Waals surface area (Å²) in [4.78, 5) is 20.7. The van der Waals surface area contributed by atoms with Gasteiger partial charge < -0.3 is 4.98 Å². The molecule has 0 radical (unpaired) electrons. The summed E-state index contributed by atoms with van der Waals surface area (Å²) in [6, 6.07) is 16.2. The fourth-order valence-corrected chi connectivity index (χ4v) is 5.27. The molecule has 0 amide bonds. The topological polar surface area (TPSA) is 76.5 Å². The van der Waals surface area contributed by atoms with Crippen molar-refractivity contribution in [1.29, 1.82) is 0 Å². The smallest absolute Gasteiger partial charge is 0.268 e. The lowest BCUT2D eigenvalue weighted by Gasteiger charge is -2.09. The van der Waals surface area contributed by atoms with Gasteiger partial charge in [0.25, 0.3) is 5.56 Å². The number of thiophene rings is 2. The molecule has 144 valence electrons. The molecule has 0 saturated heterocycles. The third-order valence-corrected chi connectivity index (χ3v) is 7.09. The lowest BCUT2D eigenvalue weighted by atomic mass is 10.2. The van der Waals surface area contributed by atoms with Crippen molar-refractivity contribution in [2.45, 2.75) is 17.5 Å². The van der Waals surface area contributed by atoms with Gasteiger partial charge in [-0.1, -0.05) is 48.2 Å². The minimum Gasteiger partial charge on any atom is -0.309 e. The third-order valence-electron chi connectivity index (χ3n) is 4.34. The van der Waals surface area contributed by atoms with Crippen molar-refractivity contribution in [3.63, 3.8) is 0 Å². The number of aromatic amines is 1.